The van der Waals surface area contributed by atoms with Crippen LogP contribution in [-0.4, -0.2) is 59.8 Å². The van der Waals surface area contributed by atoms with Crippen LogP contribution in [0.5, 0.6) is 5.75 Å². The fourth-order valence-corrected chi connectivity index (χ4v) is 3.59. The summed E-state index contributed by atoms with van der Waals surface area (Å²) in [5.41, 5.74) is 1.89. The lowest BCUT2D eigenvalue weighted by Gasteiger charge is -2.35. The molecule has 1 amide bonds. The van der Waals surface area contributed by atoms with Gasteiger partial charge in [-0.25, -0.2) is 4.99 Å². The van der Waals surface area contributed by atoms with Crippen molar-refractivity contribution in [1.82, 2.24) is 20.0 Å². The molecule has 9 heteroatoms. The summed E-state index contributed by atoms with van der Waals surface area (Å²) in [6.07, 6.45) is 5.98. The van der Waals surface area contributed by atoms with E-state index in [4.69, 9.17) is 14.1 Å². The number of furan rings is 1. The Morgan fingerprint density at radius 2 is 2.09 bits per heavy atom. The first kappa shape index (κ1) is 21.5. The second kappa shape index (κ2) is 10.0. The van der Waals surface area contributed by atoms with Gasteiger partial charge in [-0.2, -0.15) is 5.10 Å². The Balaban J connectivity index is 1.44. The summed E-state index contributed by atoms with van der Waals surface area (Å²) < 4.78 is 12.3. The van der Waals surface area contributed by atoms with Crippen LogP contribution in [0.1, 0.15) is 11.3 Å². The van der Waals surface area contributed by atoms with E-state index in [0.717, 1.165) is 29.2 Å². The number of amides is 1. The summed E-state index contributed by atoms with van der Waals surface area (Å²) in [5.74, 6) is 2.46. The molecule has 0 aliphatic carbocycles. The summed E-state index contributed by atoms with van der Waals surface area (Å²) in [5, 5.41) is 7.58. The smallest absolute Gasteiger partial charge is 0.246 e. The van der Waals surface area contributed by atoms with E-state index in [9.17, 15) is 4.79 Å². The molecule has 168 valence electrons. The summed E-state index contributed by atoms with van der Waals surface area (Å²) in [7, 11) is 3.49. The number of nitrogens with zero attached hydrogens (tertiary/aromatic N) is 5. The van der Waals surface area contributed by atoms with Gasteiger partial charge < -0.3 is 24.3 Å². The molecule has 0 bridgehead atoms. The van der Waals surface area contributed by atoms with Crippen molar-refractivity contribution in [1.29, 1.82) is 0 Å². The van der Waals surface area contributed by atoms with Gasteiger partial charge in [-0.15, -0.1) is 0 Å². The number of hydrogen-bond acceptors (Lipinski definition) is 5. The average Bonchev–Trinajstić information content (AvgIpc) is 3.48. The zero-order chi connectivity index (χ0) is 22.3. The molecular formula is C23H28N6O3. The van der Waals surface area contributed by atoms with Gasteiger partial charge in [0.1, 0.15) is 18.1 Å². The van der Waals surface area contributed by atoms with Gasteiger partial charge in [-0.05, 0) is 29.8 Å². The molecule has 32 heavy (non-hydrogen) atoms. The van der Waals surface area contributed by atoms with Crippen molar-refractivity contribution in [2.75, 3.05) is 38.2 Å². The molecule has 2 aromatic heterocycles. The van der Waals surface area contributed by atoms with Crippen molar-refractivity contribution in [3.05, 3.63) is 66.4 Å². The van der Waals surface area contributed by atoms with Crippen molar-refractivity contribution < 1.29 is 13.9 Å². The lowest BCUT2D eigenvalue weighted by atomic mass is 10.2. The van der Waals surface area contributed by atoms with Crippen LogP contribution in [0.15, 0.2) is 64.5 Å². The molecular weight excluding hydrogens is 408 g/mol. The summed E-state index contributed by atoms with van der Waals surface area (Å²) in [4.78, 5) is 21.4. The van der Waals surface area contributed by atoms with Crippen molar-refractivity contribution in [2.24, 2.45) is 12.0 Å². The Hall–Kier alpha value is -3.75. The van der Waals surface area contributed by atoms with Crippen LogP contribution < -0.4 is 15.0 Å². The molecule has 0 atom stereocenters. The number of guanidine groups is 1. The molecule has 4 rings (SSSR count). The maximum absolute atomic E-state index is 12.9. The number of piperazine rings is 1. The van der Waals surface area contributed by atoms with Gasteiger partial charge in [0.05, 0.1) is 31.8 Å². The lowest BCUT2D eigenvalue weighted by molar-refractivity contribution is -0.120. The van der Waals surface area contributed by atoms with E-state index in [0.29, 0.717) is 32.1 Å². The minimum Gasteiger partial charge on any atom is -0.497 e. The maximum atomic E-state index is 12.9. The van der Waals surface area contributed by atoms with Crippen LogP contribution in [0, 0.1) is 0 Å². The van der Waals surface area contributed by atoms with E-state index in [-0.39, 0.29) is 12.5 Å². The van der Waals surface area contributed by atoms with Gasteiger partial charge in [0.25, 0.3) is 0 Å². The molecule has 1 aliphatic heterocycles. The van der Waals surface area contributed by atoms with Crippen molar-refractivity contribution in [3.8, 4) is 5.75 Å². The number of hydrogen-bond donors (Lipinski definition) is 1. The Morgan fingerprint density at radius 3 is 2.75 bits per heavy atom. The molecule has 1 fully saturated rings. The number of aryl methyl sites for hydroxylation is 1. The predicted molar refractivity (Wildman–Crippen MR) is 122 cm³/mol. The van der Waals surface area contributed by atoms with Crippen LogP contribution >= 0.6 is 0 Å². The lowest BCUT2D eigenvalue weighted by Crippen LogP contribution is -2.55. The fraction of sp³-hybridized carbons (Fsp3) is 0.348. The van der Waals surface area contributed by atoms with Gasteiger partial charge in [-0.1, -0.05) is 12.1 Å². The molecule has 3 heterocycles. The van der Waals surface area contributed by atoms with Crippen LogP contribution in [0.25, 0.3) is 0 Å². The Bertz CT molecular complexity index is 1040. The zero-order valence-corrected chi connectivity index (χ0v) is 18.4. The van der Waals surface area contributed by atoms with Crippen molar-refractivity contribution in [2.45, 2.75) is 13.0 Å². The van der Waals surface area contributed by atoms with Crippen molar-refractivity contribution in [3.63, 3.8) is 0 Å². The zero-order valence-electron chi connectivity index (χ0n) is 18.4. The molecule has 0 saturated carbocycles. The predicted octanol–water partition coefficient (Wildman–Crippen LogP) is 2.06. The monoisotopic (exact) mass is 436 g/mol. The number of carbonyl (C=O) groups is 1. The average molecular weight is 437 g/mol. The number of carbonyl (C=O) groups excluding carboxylic acids is 1. The first-order valence-electron chi connectivity index (χ1n) is 10.6. The summed E-state index contributed by atoms with van der Waals surface area (Å²) in [6, 6.07) is 11.7. The first-order chi connectivity index (χ1) is 15.6. The molecule has 1 aromatic carbocycles. The Kier molecular flexibility index (Phi) is 6.74. The van der Waals surface area contributed by atoms with Crippen LogP contribution in [0.4, 0.5) is 5.69 Å². The number of anilines is 1. The number of aromatic nitrogens is 2. The van der Waals surface area contributed by atoms with E-state index >= 15 is 0 Å². The maximum Gasteiger partial charge on any atom is 0.246 e. The van der Waals surface area contributed by atoms with Gasteiger partial charge >= 0.3 is 0 Å². The SMILES string of the molecule is COc1ccc(CN=C(NCCc2ccco2)N2CCN(c3cnn(C)c3)C(=O)C2)cc1. The molecule has 1 N–H and O–H groups in total. The highest BCUT2D eigenvalue weighted by Gasteiger charge is 2.27. The molecule has 9 nitrogen and oxygen atoms in total. The molecule has 1 aliphatic rings. The van der Waals surface area contributed by atoms with Crippen LogP contribution in [-0.2, 0) is 24.8 Å². The van der Waals surface area contributed by atoms with Gasteiger partial charge in [-0.3, -0.25) is 9.48 Å². The number of nitrogens with one attached hydrogen (secondary N) is 1. The normalized spacial score (nSPS) is 14.7. The highest BCUT2D eigenvalue weighted by Crippen LogP contribution is 2.17. The summed E-state index contributed by atoms with van der Waals surface area (Å²) in [6.45, 7) is 2.67. The van der Waals surface area contributed by atoms with Crippen LogP contribution in [0.3, 0.4) is 0 Å². The largest absolute Gasteiger partial charge is 0.497 e. The van der Waals surface area contributed by atoms with E-state index < -0.39 is 0 Å². The van der Waals surface area contributed by atoms with Crippen molar-refractivity contribution >= 4 is 17.6 Å². The third-order valence-corrected chi connectivity index (χ3v) is 5.33. The number of ether oxygens (including phenoxy) is 1. The summed E-state index contributed by atoms with van der Waals surface area (Å²) >= 11 is 0. The molecule has 3 aromatic rings. The molecule has 0 spiro atoms. The fourth-order valence-electron chi connectivity index (χ4n) is 3.59. The Labute approximate surface area is 187 Å². The number of rotatable bonds is 7. The topological polar surface area (TPSA) is 88.1 Å². The van der Waals surface area contributed by atoms with Gasteiger partial charge in [0.15, 0.2) is 5.96 Å². The Morgan fingerprint density at radius 1 is 1.25 bits per heavy atom. The minimum absolute atomic E-state index is 0.0224. The second-order valence-electron chi connectivity index (χ2n) is 7.58. The van der Waals surface area contributed by atoms with E-state index in [1.807, 2.05) is 54.5 Å². The molecule has 0 unspecified atom stereocenters. The third kappa shape index (κ3) is 5.29. The highest BCUT2D eigenvalue weighted by atomic mass is 16.5. The van der Waals surface area contributed by atoms with E-state index in [1.54, 1.807) is 29.2 Å². The van der Waals surface area contributed by atoms with E-state index in [1.165, 1.54) is 0 Å². The van der Waals surface area contributed by atoms with Gasteiger partial charge in [0, 0.05) is 39.3 Å². The minimum atomic E-state index is 0.0224. The number of aliphatic imine (C=N–C) groups is 1. The van der Waals surface area contributed by atoms with E-state index in [2.05, 4.69) is 10.4 Å². The number of benzene rings is 1. The van der Waals surface area contributed by atoms with Crippen LogP contribution in [0.2, 0.25) is 0 Å². The second-order valence-corrected chi connectivity index (χ2v) is 7.58. The van der Waals surface area contributed by atoms with Gasteiger partial charge in [0.2, 0.25) is 5.91 Å². The molecule has 1 saturated heterocycles. The number of methoxy groups -OCH3 is 1. The highest BCUT2D eigenvalue weighted by molar-refractivity contribution is 5.98. The quantitative estimate of drug-likeness (QED) is 0.451. The molecule has 0 radical (unpaired) electrons. The standard InChI is InChI=1S/C23H28N6O3/c1-27-16-19(15-26-27)29-12-11-28(17-22(29)30)23(24-10-9-21-4-3-13-32-21)25-14-18-5-7-20(31-2)8-6-18/h3-8,13,15-16H,9-12,14,17H2,1-2H3,(H,24,25). The first-order valence-corrected chi connectivity index (χ1v) is 10.6. The third-order valence-electron chi connectivity index (χ3n) is 5.33.